The predicted octanol–water partition coefficient (Wildman–Crippen LogP) is 3.22. The highest BCUT2D eigenvalue weighted by atomic mass is 16.3. The number of hydrogen-bond donors (Lipinski definition) is 2. The van der Waals surface area contributed by atoms with Crippen LogP contribution in [-0.2, 0) is 5.41 Å². The van der Waals surface area contributed by atoms with Crippen molar-refractivity contribution in [2.45, 2.75) is 45.6 Å². The number of anilines is 1. The zero-order valence-corrected chi connectivity index (χ0v) is 13.4. The summed E-state index contributed by atoms with van der Waals surface area (Å²) in [7, 11) is 0. The molecule has 1 aromatic rings. The first kappa shape index (κ1) is 15.8. The Hall–Kier alpha value is -1.55. The minimum atomic E-state index is -0.423. The monoisotopic (exact) mass is 290 g/mol. The Morgan fingerprint density at radius 2 is 1.90 bits per heavy atom. The second-order valence-electron chi connectivity index (χ2n) is 7.04. The molecule has 0 spiro atoms. The van der Waals surface area contributed by atoms with E-state index in [1.165, 1.54) is 5.56 Å². The van der Waals surface area contributed by atoms with Gasteiger partial charge >= 0.3 is 6.03 Å². The smallest absolute Gasteiger partial charge is 0.321 e. The van der Waals surface area contributed by atoms with E-state index in [0.29, 0.717) is 13.1 Å². The molecular weight excluding hydrogens is 264 g/mol. The van der Waals surface area contributed by atoms with Gasteiger partial charge in [0.15, 0.2) is 0 Å². The molecule has 0 aliphatic carbocycles. The van der Waals surface area contributed by atoms with Crippen molar-refractivity contribution >= 4 is 11.7 Å². The molecule has 1 heterocycles. The summed E-state index contributed by atoms with van der Waals surface area (Å²) in [6.07, 6.45) is 0.421. The van der Waals surface area contributed by atoms with Crippen molar-refractivity contribution in [3.05, 3.63) is 29.8 Å². The van der Waals surface area contributed by atoms with Crippen molar-refractivity contribution in [2.24, 2.45) is 5.92 Å². The largest absolute Gasteiger partial charge is 0.391 e. The molecule has 4 nitrogen and oxygen atoms in total. The number of urea groups is 1. The molecule has 0 bridgehead atoms. The van der Waals surface area contributed by atoms with Gasteiger partial charge in [0.25, 0.3) is 0 Å². The van der Waals surface area contributed by atoms with Crippen LogP contribution in [0.2, 0.25) is 0 Å². The van der Waals surface area contributed by atoms with Gasteiger partial charge in [-0.2, -0.15) is 0 Å². The molecule has 0 aromatic heterocycles. The minimum Gasteiger partial charge on any atom is -0.391 e. The lowest BCUT2D eigenvalue weighted by molar-refractivity contribution is 0.0464. The Labute approximate surface area is 127 Å². The first-order valence-corrected chi connectivity index (χ1v) is 7.62. The summed E-state index contributed by atoms with van der Waals surface area (Å²) in [5, 5.41) is 12.8. The standard InChI is InChI=1S/C17H26N2O2/c1-12-9-10-19(11-15(12)20)16(21)18-14-7-5-13(6-8-14)17(2,3)4/h5-8,12,15,20H,9-11H2,1-4H3,(H,18,21). The normalized spacial score (nSPS) is 23.0. The molecule has 1 fully saturated rings. The highest BCUT2D eigenvalue weighted by molar-refractivity contribution is 5.89. The van der Waals surface area contributed by atoms with E-state index in [1.807, 2.05) is 31.2 Å². The number of carbonyl (C=O) groups excluding carboxylic acids is 1. The molecule has 1 aromatic carbocycles. The number of aliphatic hydroxyl groups is 1. The van der Waals surface area contributed by atoms with Gasteiger partial charge in [-0.05, 0) is 35.4 Å². The van der Waals surface area contributed by atoms with Gasteiger partial charge in [0.2, 0.25) is 0 Å². The van der Waals surface area contributed by atoms with E-state index in [-0.39, 0.29) is 17.4 Å². The highest BCUT2D eigenvalue weighted by Crippen LogP contribution is 2.24. The van der Waals surface area contributed by atoms with E-state index in [1.54, 1.807) is 4.90 Å². The van der Waals surface area contributed by atoms with Crippen molar-refractivity contribution in [3.63, 3.8) is 0 Å². The summed E-state index contributed by atoms with van der Waals surface area (Å²) >= 11 is 0. The van der Waals surface area contributed by atoms with E-state index >= 15 is 0 Å². The SMILES string of the molecule is CC1CCN(C(=O)Nc2ccc(C(C)(C)C)cc2)CC1O. The van der Waals surface area contributed by atoms with Crippen LogP contribution in [-0.4, -0.2) is 35.2 Å². The minimum absolute atomic E-state index is 0.107. The molecular formula is C17H26N2O2. The third kappa shape index (κ3) is 3.97. The summed E-state index contributed by atoms with van der Waals surface area (Å²) in [6, 6.07) is 7.82. The van der Waals surface area contributed by atoms with E-state index in [9.17, 15) is 9.90 Å². The molecule has 21 heavy (non-hydrogen) atoms. The maximum absolute atomic E-state index is 12.2. The second-order valence-corrected chi connectivity index (χ2v) is 7.04. The van der Waals surface area contributed by atoms with Gasteiger partial charge in [-0.15, -0.1) is 0 Å². The molecule has 4 heteroatoms. The number of piperidine rings is 1. The number of benzene rings is 1. The Balaban J connectivity index is 1.97. The van der Waals surface area contributed by atoms with Crippen LogP contribution in [0.15, 0.2) is 24.3 Å². The van der Waals surface area contributed by atoms with Crippen molar-refractivity contribution in [3.8, 4) is 0 Å². The van der Waals surface area contributed by atoms with E-state index in [4.69, 9.17) is 0 Å². The van der Waals surface area contributed by atoms with Gasteiger partial charge < -0.3 is 15.3 Å². The fourth-order valence-electron chi connectivity index (χ4n) is 2.49. The van der Waals surface area contributed by atoms with Gasteiger partial charge in [0.1, 0.15) is 0 Å². The van der Waals surface area contributed by atoms with Crippen LogP contribution < -0.4 is 5.32 Å². The summed E-state index contributed by atoms with van der Waals surface area (Å²) in [4.78, 5) is 13.9. The quantitative estimate of drug-likeness (QED) is 0.834. The second kappa shape index (κ2) is 6.06. The van der Waals surface area contributed by atoms with Crippen LogP contribution in [0.25, 0.3) is 0 Å². The Bertz CT molecular complexity index is 491. The van der Waals surface area contributed by atoms with E-state index < -0.39 is 6.10 Å². The van der Waals surface area contributed by atoms with Crippen molar-refractivity contribution < 1.29 is 9.90 Å². The van der Waals surface area contributed by atoms with Gasteiger partial charge in [0, 0.05) is 18.8 Å². The molecule has 1 saturated heterocycles. The van der Waals surface area contributed by atoms with Crippen LogP contribution >= 0.6 is 0 Å². The van der Waals surface area contributed by atoms with E-state index in [2.05, 4.69) is 26.1 Å². The lowest BCUT2D eigenvalue weighted by Crippen LogP contribution is -2.47. The molecule has 2 N–H and O–H groups in total. The number of carbonyl (C=O) groups is 1. The third-order valence-corrected chi connectivity index (χ3v) is 4.21. The zero-order chi connectivity index (χ0) is 15.6. The fraction of sp³-hybridized carbons (Fsp3) is 0.588. The third-order valence-electron chi connectivity index (χ3n) is 4.21. The van der Waals surface area contributed by atoms with Crippen LogP contribution in [0.3, 0.4) is 0 Å². The predicted molar refractivity (Wildman–Crippen MR) is 85.5 cm³/mol. The Morgan fingerprint density at radius 1 is 1.29 bits per heavy atom. The number of amides is 2. The summed E-state index contributed by atoms with van der Waals surface area (Å²) < 4.78 is 0. The number of nitrogens with zero attached hydrogens (tertiary/aromatic N) is 1. The molecule has 2 amide bonds. The van der Waals surface area contributed by atoms with Crippen molar-refractivity contribution in [1.29, 1.82) is 0 Å². The Morgan fingerprint density at radius 3 is 2.43 bits per heavy atom. The number of likely N-dealkylation sites (tertiary alicyclic amines) is 1. The van der Waals surface area contributed by atoms with Crippen LogP contribution in [0, 0.1) is 5.92 Å². The highest BCUT2D eigenvalue weighted by Gasteiger charge is 2.27. The van der Waals surface area contributed by atoms with Crippen molar-refractivity contribution in [1.82, 2.24) is 4.90 Å². The number of rotatable bonds is 1. The summed E-state index contributed by atoms with van der Waals surface area (Å²) in [5.74, 6) is 0.264. The molecule has 0 saturated carbocycles. The lowest BCUT2D eigenvalue weighted by atomic mass is 9.87. The Kier molecular flexibility index (Phi) is 4.57. The summed E-state index contributed by atoms with van der Waals surface area (Å²) in [5.41, 5.74) is 2.14. The van der Waals surface area contributed by atoms with Crippen LogP contribution in [0.5, 0.6) is 0 Å². The number of nitrogens with one attached hydrogen (secondary N) is 1. The average Bonchev–Trinajstić information content (AvgIpc) is 2.41. The molecule has 1 aliphatic rings. The molecule has 116 valence electrons. The lowest BCUT2D eigenvalue weighted by Gasteiger charge is -2.34. The first-order valence-electron chi connectivity index (χ1n) is 7.62. The van der Waals surface area contributed by atoms with Gasteiger partial charge in [-0.25, -0.2) is 4.79 Å². The first-order chi connectivity index (χ1) is 9.77. The van der Waals surface area contributed by atoms with Crippen LogP contribution in [0.1, 0.15) is 39.7 Å². The van der Waals surface area contributed by atoms with Crippen molar-refractivity contribution in [2.75, 3.05) is 18.4 Å². The summed E-state index contributed by atoms with van der Waals surface area (Å²) in [6.45, 7) is 9.62. The van der Waals surface area contributed by atoms with Gasteiger partial charge in [-0.1, -0.05) is 39.8 Å². The van der Waals surface area contributed by atoms with Gasteiger partial charge in [-0.3, -0.25) is 0 Å². The number of hydrogen-bond acceptors (Lipinski definition) is 2. The average molecular weight is 290 g/mol. The number of aliphatic hydroxyl groups excluding tert-OH is 1. The molecule has 2 atom stereocenters. The molecule has 1 aliphatic heterocycles. The fourth-order valence-corrected chi connectivity index (χ4v) is 2.49. The van der Waals surface area contributed by atoms with Crippen LogP contribution in [0.4, 0.5) is 10.5 Å². The topological polar surface area (TPSA) is 52.6 Å². The van der Waals surface area contributed by atoms with Gasteiger partial charge in [0.05, 0.1) is 6.10 Å². The van der Waals surface area contributed by atoms with E-state index in [0.717, 1.165) is 12.1 Å². The maximum atomic E-state index is 12.2. The molecule has 0 radical (unpaired) electrons. The molecule has 2 unspecified atom stereocenters. The maximum Gasteiger partial charge on any atom is 0.321 e. The number of β-amino-alcohol motifs (C(OH)–C–C–N with tert-alkyl or cyclic N) is 1. The molecule has 2 rings (SSSR count). The zero-order valence-electron chi connectivity index (χ0n) is 13.4.